The maximum absolute atomic E-state index is 12.7. The van der Waals surface area contributed by atoms with Gasteiger partial charge in [0.05, 0.1) is 11.4 Å². The first-order valence-electron chi connectivity index (χ1n) is 8.95. The van der Waals surface area contributed by atoms with Crippen molar-refractivity contribution in [3.63, 3.8) is 0 Å². The first kappa shape index (κ1) is 18.4. The van der Waals surface area contributed by atoms with E-state index in [2.05, 4.69) is 20.8 Å². The second-order valence-electron chi connectivity index (χ2n) is 6.62. The fourth-order valence-corrected chi connectivity index (χ4v) is 4.32. The van der Waals surface area contributed by atoms with Crippen molar-refractivity contribution in [1.82, 2.24) is 4.90 Å². The Labute approximate surface area is 170 Å². The highest BCUT2D eigenvalue weighted by Gasteiger charge is 2.35. The van der Waals surface area contributed by atoms with Crippen LogP contribution in [0.2, 0.25) is 0 Å². The Kier molecular flexibility index (Phi) is 5.41. The van der Waals surface area contributed by atoms with E-state index in [1.807, 2.05) is 36.4 Å². The van der Waals surface area contributed by atoms with Crippen LogP contribution in [0.5, 0.6) is 0 Å². The van der Waals surface area contributed by atoms with Gasteiger partial charge in [-0.3, -0.25) is 14.5 Å². The van der Waals surface area contributed by atoms with E-state index >= 15 is 0 Å². The van der Waals surface area contributed by atoms with Gasteiger partial charge in [-0.25, -0.2) is 0 Å². The summed E-state index contributed by atoms with van der Waals surface area (Å²) in [5.74, 6) is 1.16. The number of carbonyl (C=O) groups excluding carboxylic acids is 2. The number of hydrogen-bond donors (Lipinski definition) is 0. The lowest BCUT2D eigenvalue weighted by Crippen LogP contribution is -2.28. The number of hydrogen-bond acceptors (Lipinski definition) is 5. The number of imide groups is 1. The fourth-order valence-electron chi connectivity index (χ4n) is 3.24. The van der Waals surface area contributed by atoms with E-state index in [1.54, 1.807) is 6.08 Å². The molecule has 0 unspecified atom stereocenters. The summed E-state index contributed by atoms with van der Waals surface area (Å²) in [5.41, 5.74) is 0.909. The average Bonchev–Trinajstić information content (AvgIpc) is 3.25. The van der Waals surface area contributed by atoms with E-state index in [0.29, 0.717) is 10.7 Å². The summed E-state index contributed by atoms with van der Waals surface area (Å²) in [6.45, 7) is 2.26. The molecule has 2 aromatic rings. The number of piperidine rings is 1. The number of amides is 2. The summed E-state index contributed by atoms with van der Waals surface area (Å²) in [6, 6.07) is 11.4. The van der Waals surface area contributed by atoms with Crippen LogP contribution in [0.15, 0.2) is 50.2 Å². The standard InChI is InChI=1S/C20H19BrN2O3S/c21-15-6-4-14(5-7-15)13-23-19(24)17(27-20(23)25)12-16-8-9-18(26-16)22-10-2-1-3-11-22/h4-9,12H,1-3,10-11,13H2/b17-12-. The van der Waals surface area contributed by atoms with Crippen molar-refractivity contribution in [2.24, 2.45) is 0 Å². The van der Waals surface area contributed by atoms with Crippen LogP contribution >= 0.6 is 27.7 Å². The van der Waals surface area contributed by atoms with E-state index < -0.39 is 0 Å². The molecule has 0 N–H and O–H groups in total. The molecule has 2 aliphatic rings. The van der Waals surface area contributed by atoms with Crippen molar-refractivity contribution in [3.8, 4) is 0 Å². The molecule has 2 amide bonds. The predicted octanol–water partition coefficient (Wildman–Crippen LogP) is 5.27. The zero-order valence-electron chi connectivity index (χ0n) is 14.7. The molecule has 0 atom stereocenters. The number of rotatable bonds is 4. The highest BCUT2D eigenvalue weighted by Crippen LogP contribution is 2.34. The predicted molar refractivity (Wildman–Crippen MR) is 110 cm³/mol. The number of furan rings is 1. The van der Waals surface area contributed by atoms with Crippen LogP contribution in [-0.2, 0) is 11.3 Å². The molecular formula is C20H19BrN2O3S. The number of carbonyl (C=O) groups is 2. The molecule has 2 aliphatic heterocycles. The van der Waals surface area contributed by atoms with Crippen molar-refractivity contribution in [2.45, 2.75) is 25.8 Å². The van der Waals surface area contributed by atoms with Gasteiger partial charge in [-0.2, -0.15) is 0 Å². The second-order valence-corrected chi connectivity index (χ2v) is 8.53. The highest BCUT2D eigenvalue weighted by atomic mass is 79.9. The van der Waals surface area contributed by atoms with Gasteiger partial charge in [-0.15, -0.1) is 0 Å². The zero-order chi connectivity index (χ0) is 18.8. The van der Waals surface area contributed by atoms with Crippen LogP contribution in [0, 0.1) is 0 Å². The summed E-state index contributed by atoms with van der Waals surface area (Å²) in [7, 11) is 0. The number of anilines is 1. The SMILES string of the molecule is O=C1S/C(=C\c2ccc(N3CCCCC3)o2)C(=O)N1Cc1ccc(Br)cc1. The molecule has 140 valence electrons. The molecule has 4 rings (SSSR count). The normalized spacial score (nSPS) is 19.4. The fraction of sp³-hybridized carbons (Fsp3) is 0.300. The maximum atomic E-state index is 12.7. The van der Waals surface area contributed by atoms with E-state index in [-0.39, 0.29) is 17.7 Å². The lowest BCUT2D eigenvalue weighted by Gasteiger charge is -2.25. The van der Waals surface area contributed by atoms with Crippen molar-refractivity contribution in [1.29, 1.82) is 0 Å². The third kappa shape index (κ3) is 4.14. The zero-order valence-corrected chi connectivity index (χ0v) is 17.1. The van der Waals surface area contributed by atoms with Crippen LogP contribution in [0.4, 0.5) is 10.7 Å². The first-order valence-corrected chi connectivity index (χ1v) is 10.6. The molecule has 2 fully saturated rings. The van der Waals surface area contributed by atoms with Gasteiger partial charge in [0.25, 0.3) is 11.1 Å². The molecule has 1 aromatic carbocycles. The number of halogens is 1. The number of nitrogens with zero attached hydrogens (tertiary/aromatic N) is 2. The molecule has 27 heavy (non-hydrogen) atoms. The van der Waals surface area contributed by atoms with E-state index in [9.17, 15) is 9.59 Å². The second kappa shape index (κ2) is 7.94. The van der Waals surface area contributed by atoms with Gasteiger partial charge >= 0.3 is 0 Å². The van der Waals surface area contributed by atoms with Gasteiger partial charge in [0.1, 0.15) is 5.76 Å². The van der Waals surface area contributed by atoms with Gasteiger partial charge in [0, 0.05) is 29.7 Å². The third-order valence-electron chi connectivity index (χ3n) is 4.68. The summed E-state index contributed by atoms with van der Waals surface area (Å²) < 4.78 is 6.85. The van der Waals surface area contributed by atoms with Crippen molar-refractivity contribution in [2.75, 3.05) is 18.0 Å². The molecule has 0 aliphatic carbocycles. The quantitative estimate of drug-likeness (QED) is 0.598. The van der Waals surface area contributed by atoms with Crippen molar-refractivity contribution >= 4 is 50.8 Å². The smallest absolute Gasteiger partial charge is 0.293 e. The largest absolute Gasteiger partial charge is 0.441 e. The minimum Gasteiger partial charge on any atom is -0.441 e. The third-order valence-corrected chi connectivity index (χ3v) is 6.12. The summed E-state index contributed by atoms with van der Waals surface area (Å²) in [6.07, 6.45) is 5.27. The molecule has 0 bridgehead atoms. The monoisotopic (exact) mass is 446 g/mol. The minimum atomic E-state index is -0.274. The average molecular weight is 447 g/mol. The molecule has 2 saturated heterocycles. The molecule has 0 radical (unpaired) electrons. The van der Waals surface area contributed by atoms with Gasteiger partial charge in [-0.1, -0.05) is 28.1 Å². The number of benzene rings is 1. The molecule has 0 spiro atoms. The maximum Gasteiger partial charge on any atom is 0.293 e. The molecule has 0 saturated carbocycles. The molecular weight excluding hydrogens is 428 g/mol. The topological polar surface area (TPSA) is 53.8 Å². The Bertz CT molecular complexity index is 885. The lowest BCUT2D eigenvalue weighted by atomic mass is 10.1. The Morgan fingerprint density at radius 1 is 1.04 bits per heavy atom. The Balaban J connectivity index is 1.47. The Morgan fingerprint density at radius 2 is 1.78 bits per heavy atom. The van der Waals surface area contributed by atoms with Gasteiger partial charge in [-0.05, 0) is 54.8 Å². The van der Waals surface area contributed by atoms with Gasteiger partial charge in [0.15, 0.2) is 5.88 Å². The van der Waals surface area contributed by atoms with Gasteiger partial charge < -0.3 is 9.32 Å². The minimum absolute atomic E-state index is 0.253. The molecule has 5 nitrogen and oxygen atoms in total. The van der Waals surface area contributed by atoms with Crippen LogP contribution in [0.3, 0.4) is 0 Å². The van der Waals surface area contributed by atoms with Crippen LogP contribution < -0.4 is 4.90 Å². The Hall–Kier alpha value is -1.99. The molecule has 1 aromatic heterocycles. The highest BCUT2D eigenvalue weighted by molar-refractivity contribution is 9.10. The first-order chi connectivity index (χ1) is 13.1. The van der Waals surface area contributed by atoms with Crippen molar-refractivity contribution < 1.29 is 14.0 Å². The molecule has 3 heterocycles. The summed E-state index contributed by atoms with van der Waals surface area (Å²) in [5, 5.41) is -0.253. The van der Waals surface area contributed by atoms with E-state index in [0.717, 1.165) is 40.8 Å². The number of thioether (sulfide) groups is 1. The van der Waals surface area contributed by atoms with Crippen molar-refractivity contribution in [3.05, 3.63) is 57.1 Å². The molecule has 7 heteroatoms. The van der Waals surface area contributed by atoms with Crippen LogP contribution in [-0.4, -0.2) is 29.1 Å². The van der Waals surface area contributed by atoms with E-state index in [4.69, 9.17) is 4.42 Å². The summed E-state index contributed by atoms with van der Waals surface area (Å²) in [4.78, 5) is 28.8. The van der Waals surface area contributed by atoms with Gasteiger partial charge in [0.2, 0.25) is 0 Å². The Morgan fingerprint density at radius 3 is 2.52 bits per heavy atom. The summed E-state index contributed by atoms with van der Waals surface area (Å²) >= 11 is 4.34. The van der Waals surface area contributed by atoms with E-state index in [1.165, 1.54) is 24.2 Å². The van der Waals surface area contributed by atoms with Crippen LogP contribution in [0.1, 0.15) is 30.6 Å². The lowest BCUT2D eigenvalue weighted by molar-refractivity contribution is -0.123. The van der Waals surface area contributed by atoms with Crippen LogP contribution in [0.25, 0.3) is 6.08 Å².